The number of carbonyl (C=O) groups is 5. The number of nitrogens with one attached hydrogen (secondary N) is 4. The number of carbonyl (C=O) groups excluding carboxylic acids is 5. The third-order valence-electron chi connectivity index (χ3n) is 9.73. The van der Waals surface area contributed by atoms with Gasteiger partial charge >= 0.3 is 12.1 Å². The Morgan fingerprint density at radius 3 is 1.94 bits per heavy atom. The Labute approximate surface area is 361 Å². The van der Waals surface area contributed by atoms with Crippen LogP contribution in [-0.4, -0.2) is 66.2 Å². The molecule has 4 amide bonds. The van der Waals surface area contributed by atoms with Gasteiger partial charge in [-0.3, -0.25) is 14.4 Å². The zero-order valence-electron chi connectivity index (χ0n) is 34.4. The van der Waals surface area contributed by atoms with Crippen molar-refractivity contribution < 1.29 is 43.3 Å². The number of fused-ring (bicyclic) bond motifs is 1. The molecular formula is C49H52N4O9. The van der Waals surface area contributed by atoms with Crippen LogP contribution in [0.3, 0.4) is 0 Å². The maximum Gasteiger partial charge on any atom is 0.408 e. The number of benzene rings is 5. The number of ether oxygens (including phenoxy) is 3. The highest BCUT2D eigenvalue weighted by Gasteiger charge is 2.30. The van der Waals surface area contributed by atoms with Crippen LogP contribution in [0.5, 0.6) is 5.75 Å². The van der Waals surface area contributed by atoms with Gasteiger partial charge in [0.15, 0.2) is 0 Å². The Kier molecular flexibility index (Phi) is 17.8. The third-order valence-corrected chi connectivity index (χ3v) is 9.73. The van der Waals surface area contributed by atoms with Crippen molar-refractivity contribution in [1.82, 2.24) is 16.0 Å². The molecule has 13 nitrogen and oxygen atoms in total. The first-order valence-corrected chi connectivity index (χ1v) is 20.3. The van der Waals surface area contributed by atoms with Crippen LogP contribution in [0.4, 0.5) is 10.5 Å². The number of allylic oxidation sites excluding steroid dienone is 1. The average molecular weight is 841 g/mol. The number of amides is 4. The molecule has 0 heterocycles. The first-order chi connectivity index (χ1) is 30.1. The molecule has 5 aromatic carbocycles. The number of alkyl carbamates (subject to hydrolysis) is 1. The molecule has 0 unspecified atom stereocenters. The second-order valence-electron chi connectivity index (χ2n) is 14.5. The van der Waals surface area contributed by atoms with Gasteiger partial charge in [-0.15, -0.1) is 13.2 Å². The summed E-state index contributed by atoms with van der Waals surface area (Å²) in [5.41, 5.74) is 3.06. The van der Waals surface area contributed by atoms with Gasteiger partial charge in [-0.05, 0) is 71.0 Å². The lowest BCUT2D eigenvalue weighted by Gasteiger charge is -2.24. The molecule has 4 atom stereocenters. The Morgan fingerprint density at radius 1 is 0.629 bits per heavy atom. The van der Waals surface area contributed by atoms with E-state index < -0.39 is 60.4 Å². The first kappa shape index (κ1) is 45.8. The van der Waals surface area contributed by atoms with Crippen LogP contribution >= 0.6 is 0 Å². The molecule has 0 saturated heterocycles. The maximum atomic E-state index is 13.8. The van der Waals surface area contributed by atoms with Crippen molar-refractivity contribution in [2.75, 3.05) is 18.5 Å². The van der Waals surface area contributed by atoms with Gasteiger partial charge in [0.2, 0.25) is 11.8 Å². The number of aliphatic hydroxyl groups excluding tert-OH is 1. The molecular weight excluding hydrogens is 789 g/mol. The highest BCUT2D eigenvalue weighted by atomic mass is 16.6. The summed E-state index contributed by atoms with van der Waals surface area (Å²) in [6, 6.07) is 35.7. The van der Waals surface area contributed by atoms with E-state index in [-0.39, 0.29) is 32.5 Å². The van der Waals surface area contributed by atoms with Gasteiger partial charge in [0.25, 0.3) is 5.91 Å². The van der Waals surface area contributed by atoms with Crippen LogP contribution in [0.1, 0.15) is 36.0 Å². The largest absolute Gasteiger partial charge is 0.489 e. The number of esters is 1. The second-order valence-corrected chi connectivity index (χ2v) is 14.5. The molecule has 5 aromatic rings. The van der Waals surface area contributed by atoms with Crippen molar-refractivity contribution in [2.24, 2.45) is 5.92 Å². The summed E-state index contributed by atoms with van der Waals surface area (Å²) in [6.45, 7) is 6.81. The fraction of sp³-hybridized carbons (Fsp3) is 0.245. The van der Waals surface area contributed by atoms with E-state index >= 15 is 0 Å². The predicted molar refractivity (Wildman–Crippen MR) is 237 cm³/mol. The minimum atomic E-state index is -1.42. The normalized spacial score (nSPS) is 12.7. The fourth-order valence-electron chi connectivity index (χ4n) is 6.43. The van der Waals surface area contributed by atoms with Gasteiger partial charge in [-0.25, -0.2) is 9.59 Å². The fourth-order valence-corrected chi connectivity index (χ4v) is 6.43. The zero-order chi connectivity index (χ0) is 44.1. The minimum Gasteiger partial charge on any atom is -0.489 e. The summed E-state index contributed by atoms with van der Waals surface area (Å²) in [5.74, 6) is -3.08. The van der Waals surface area contributed by atoms with E-state index in [0.29, 0.717) is 24.5 Å². The lowest BCUT2D eigenvalue weighted by molar-refractivity contribution is -0.148. The average Bonchev–Trinajstić information content (AvgIpc) is 3.29. The Morgan fingerprint density at radius 2 is 1.27 bits per heavy atom. The van der Waals surface area contributed by atoms with Gasteiger partial charge in [0.05, 0.1) is 18.6 Å². The Balaban J connectivity index is 1.21. The lowest BCUT2D eigenvalue weighted by Crippen LogP contribution is -2.51. The summed E-state index contributed by atoms with van der Waals surface area (Å²) in [4.78, 5) is 66.9. The van der Waals surface area contributed by atoms with Crippen molar-refractivity contribution in [3.63, 3.8) is 0 Å². The molecule has 322 valence electrons. The van der Waals surface area contributed by atoms with Crippen molar-refractivity contribution in [1.29, 1.82) is 0 Å². The van der Waals surface area contributed by atoms with Crippen LogP contribution in [0.25, 0.3) is 10.8 Å². The standard InChI is InChI=1S/C49H52N4O9/c1-3-13-39(29-45(55)50-41(30-54)27-34-21-25-42(26-22-34)60-31-35-15-7-5-8-16-35)46(56)52-44(47(57)51-40-24-23-37-19-11-12-20-38(37)28-40)33-61-48(58)43(14-4-2)53-49(59)62-32-36-17-9-6-10-18-36/h3-12,15-26,28,39,41,43-44,54H,1-2,13-14,27,29-33H2,(H,50,55)(H,51,57)(H,52,56)(H,53,59)/t39-,41+,43-,44+/m1/s1. The lowest BCUT2D eigenvalue weighted by atomic mass is 9.98. The van der Waals surface area contributed by atoms with Crippen molar-refractivity contribution in [2.45, 2.75) is 57.0 Å². The smallest absolute Gasteiger partial charge is 0.408 e. The molecule has 0 fully saturated rings. The summed E-state index contributed by atoms with van der Waals surface area (Å²) < 4.78 is 16.7. The van der Waals surface area contributed by atoms with E-state index in [0.717, 1.165) is 27.5 Å². The highest BCUT2D eigenvalue weighted by molar-refractivity contribution is 6.00. The van der Waals surface area contributed by atoms with Gasteiger partial charge in [-0.1, -0.05) is 115 Å². The minimum absolute atomic E-state index is 0.0145. The van der Waals surface area contributed by atoms with E-state index in [9.17, 15) is 29.1 Å². The van der Waals surface area contributed by atoms with Crippen LogP contribution in [0.15, 0.2) is 153 Å². The summed E-state index contributed by atoms with van der Waals surface area (Å²) >= 11 is 0. The first-order valence-electron chi connectivity index (χ1n) is 20.3. The van der Waals surface area contributed by atoms with E-state index in [1.807, 2.05) is 91.0 Å². The number of aliphatic hydroxyl groups is 1. The molecule has 0 aliphatic carbocycles. The van der Waals surface area contributed by atoms with E-state index in [1.165, 1.54) is 12.2 Å². The maximum absolute atomic E-state index is 13.8. The molecule has 0 radical (unpaired) electrons. The van der Waals surface area contributed by atoms with E-state index in [1.54, 1.807) is 36.4 Å². The van der Waals surface area contributed by atoms with Crippen LogP contribution in [0.2, 0.25) is 0 Å². The van der Waals surface area contributed by atoms with Crippen LogP contribution in [-0.2, 0) is 48.3 Å². The van der Waals surface area contributed by atoms with Crippen molar-refractivity contribution >= 4 is 46.2 Å². The van der Waals surface area contributed by atoms with Gasteiger partial charge in [0.1, 0.15) is 37.7 Å². The van der Waals surface area contributed by atoms with Gasteiger partial charge < -0.3 is 40.6 Å². The number of rotatable bonds is 23. The summed E-state index contributed by atoms with van der Waals surface area (Å²) in [6.07, 6.45) is 2.11. The van der Waals surface area contributed by atoms with Crippen molar-refractivity contribution in [3.05, 3.63) is 169 Å². The van der Waals surface area contributed by atoms with Crippen LogP contribution < -0.4 is 26.0 Å². The van der Waals surface area contributed by atoms with Gasteiger partial charge in [-0.2, -0.15) is 0 Å². The Hall–Kier alpha value is -7.25. The molecule has 0 aliphatic heterocycles. The van der Waals surface area contributed by atoms with E-state index in [4.69, 9.17) is 14.2 Å². The van der Waals surface area contributed by atoms with Gasteiger partial charge in [0, 0.05) is 12.1 Å². The molecule has 13 heteroatoms. The number of anilines is 1. The molecule has 5 rings (SSSR count). The van der Waals surface area contributed by atoms with Crippen molar-refractivity contribution in [3.8, 4) is 5.75 Å². The monoisotopic (exact) mass is 840 g/mol. The Bertz CT molecular complexity index is 2270. The molecule has 0 saturated carbocycles. The number of hydrogen-bond acceptors (Lipinski definition) is 9. The van der Waals surface area contributed by atoms with Crippen LogP contribution in [0, 0.1) is 5.92 Å². The van der Waals surface area contributed by atoms with E-state index in [2.05, 4.69) is 34.4 Å². The zero-order valence-corrected chi connectivity index (χ0v) is 34.4. The third kappa shape index (κ3) is 14.8. The number of hydrogen-bond donors (Lipinski definition) is 5. The quantitative estimate of drug-likeness (QED) is 0.0360. The predicted octanol–water partition coefficient (Wildman–Crippen LogP) is 6.56. The molecule has 0 aromatic heterocycles. The molecule has 0 bridgehead atoms. The summed E-state index contributed by atoms with van der Waals surface area (Å²) in [7, 11) is 0. The SMILES string of the molecule is C=CC[C@H](CC(=O)N[C@H](CO)Cc1ccc(OCc2ccccc2)cc1)C(=O)N[C@@H](COC(=O)[C@@H](CC=C)NC(=O)OCc1ccccc1)C(=O)Nc1ccc2ccccc2c1. The topological polar surface area (TPSA) is 181 Å². The molecule has 0 spiro atoms. The highest BCUT2D eigenvalue weighted by Crippen LogP contribution is 2.20. The molecule has 0 aliphatic rings. The second kappa shape index (κ2) is 24.1. The molecule has 5 N–H and O–H groups in total. The molecule has 62 heavy (non-hydrogen) atoms. The summed E-state index contributed by atoms with van der Waals surface area (Å²) in [5, 5.41) is 22.7.